The van der Waals surface area contributed by atoms with Crippen molar-refractivity contribution in [1.82, 2.24) is 19.9 Å². The molecular weight excluding hydrogens is 302 g/mol. The number of rotatable bonds is 4. The quantitative estimate of drug-likeness (QED) is 0.919. The molecule has 2 heterocycles. The number of halogens is 1. The SMILES string of the molecule is CCOc1nc(N)nc(Oc2cncc(Br)c2)n1. The molecule has 2 aromatic heterocycles. The summed E-state index contributed by atoms with van der Waals surface area (Å²) in [5, 5.41) is 0. The highest BCUT2D eigenvalue weighted by molar-refractivity contribution is 9.10. The number of nitrogens with zero attached hydrogens (tertiary/aromatic N) is 4. The normalized spacial score (nSPS) is 10.1. The van der Waals surface area contributed by atoms with Crippen molar-refractivity contribution in [1.29, 1.82) is 0 Å². The van der Waals surface area contributed by atoms with Crippen LogP contribution in [0.25, 0.3) is 0 Å². The highest BCUT2D eigenvalue weighted by Gasteiger charge is 2.07. The van der Waals surface area contributed by atoms with Crippen LogP contribution in [-0.2, 0) is 0 Å². The van der Waals surface area contributed by atoms with Gasteiger partial charge in [-0.25, -0.2) is 0 Å². The zero-order valence-electron chi connectivity index (χ0n) is 9.50. The number of ether oxygens (including phenoxy) is 2. The Bertz CT molecular complexity index is 552. The molecule has 2 rings (SSSR count). The Morgan fingerprint density at radius 3 is 2.72 bits per heavy atom. The number of nitrogens with two attached hydrogens (primary N) is 1. The van der Waals surface area contributed by atoms with Crippen LogP contribution in [0.1, 0.15) is 6.92 Å². The summed E-state index contributed by atoms with van der Waals surface area (Å²) in [4.78, 5) is 15.6. The molecule has 18 heavy (non-hydrogen) atoms. The van der Waals surface area contributed by atoms with E-state index in [-0.39, 0.29) is 18.0 Å². The monoisotopic (exact) mass is 311 g/mol. The van der Waals surface area contributed by atoms with Gasteiger partial charge in [-0.3, -0.25) is 4.98 Å². The number of pyridine rings is 1. The van der Waals surface area contributed by atoms with Crippen molar-refractivity contribution in [3.63, 3.8) is 0 Å². The first-order chi connectivity index (χ1) is 8.67. The van der Waals surface area contributed by atoms with Crippen LogP contribution in [0.4, 0.5) is 5.95 Å². The van der Waals surface area contributed by atoms with Gasteiger partial charge in [0.25, 0.3) is 0 Å². The van der Waals surface area contributed by atoms with Crippen molar-refractivity contribution < 1.29 is 9.47 Å². The van der Waals surface area contributed by atoms with Crippen LogP contribution < -0.4 is 15.2 Å². The Balaban J connectivity index is 2.23. The molecule has 94 valence electrons. The van der Waals surface area contributed by atoms with E-state index in [0.29, 0.717) is 12.4 Å². The lowest BCUT2D eigenvalue weighted by Crippen LogP contribution is -2.04. The molecule has 0 aliphatic rings. The second kappa shape index (κ2) is 5.58. The lowest BCUT2D eigenvalue weighted by atomic mass is 10.5. The molecule has 0 saturated heterocycles. The molecule has 0 spiro atoms. The summed E-state index contributed by atoms with van der Waals surface area (Å²) >= 11 is 3.28. The van der Waals surface area contributed by atoms with Crippen molar-refractivity contribution >= 4 is 21.9 Å². The average Bonchev–Trinajstić information content (AvgIpc) is 2.28. The fraction of sp³-hybridized carbons (Fsp3) is 0.200. The van der Waals surface area contributed by atoms with E-state index in [4.69, 9.17) is 15.2 Å². The van der Waals surface area contributed by atoms with Gasteiger partial charge >= 0.3 is 12.0 Å². The van der Waals surface area contributed by atoms with E-state index in [2.05, 4.69) is 35.9 Å². The van der Waals surface area contributed by atoms with E-state index < -0.39 is 0 Å². The van der Waals surface area contributed by atoms with E-state index >= 15 is 0 Å². The molecule has 2 N–H and O–H groups in total. The molecule has 2 aromatic rings. The molecule has 0 unspecified atom stereocenters. The van der Waals surface area contributed by atoms with Crippen molar-refractivity contribution in [2.24, 2.45) is 0 Å². The lowest BCUT2D eigenvalue weighted by Gasteiger charge is -2.06. The minimum absolute atomic E-state index is 0.0337. The van der Waals surface area contributed by atoms with Crippen LogP contribution in [0.3, 0.4) is 0 Å². The van der Waals surface area contributed by atoms with Gasteiger partial charge in [-0.05, 0) is 28.9 Å². The highest BCUT2D eigenvalue weighted by atomic mass is 79.9. The summed E-state index contributed by atoms with van der Waals surface area (Å²) in [7, 11) is 0. The molecule has 0 aliphatic carbocycles. The Kier molecular flexibility index (Phi) is 3.88. The van der Waals surface area contributed by atoms with Gasteiger partial charge in [0.15, 0.2) is 5.75 Å². The van der Waals surface area contributed by atoms with Gasteiger partial charge in [0.05, 0.1) is 12.8 Å². The molecular formula is C10H10BrN5O2. The largest absolute Gasteiger partial charge is 0.464 e. The maximum atomic E-state index is 5.53. The van der Waals surface area contributed by atoms with Crippen molar-refractivity contribution in [2.45, 2.75) is 6.92 Å². The Hall–Kier alpha value is -1.96. The van der Waals surface area contributed by atoms with Gasteiger partial charge in [0.2, 0.25) is 5.95 Å². The van der Waals surface area contributed by atoms with Crippen LogP contribution in [0.5, 0.6) is 17.8 Å². The second-order valence-corrected chi connectivity index (χ2v) is 4.05. The minimum Gasteiger partial charge on any atom is -0.464 e. The minimum atomic E-state index is 0.0337. The third-order valence-electron chi connectivity index (χ3n) is 1.77. The first-order valence-electron chi connectivity index (χ1n) is 5.10. The lowest BCUT2D eigenvalue weighted by molar-refractivity contribution is 0.304. The first-order valence-corrected chi connectivity index (χ1v) is 5.89. The summed E-state index contributed by atoms with van der Waals surface area (Å²) in [5.74, 6) is 0.517. The molecule has 0 saturated carbocycles. The predicted molar refractivity (Wildman–Crippen MR) is 67.4 cm³/mol. The van der Waals surface area contributed by atoms with E-state index in [9.17, 15) is 0 Å². The van der Waals surface area contributed by atoms with Gasteiger partial charge in [-0.2, -0.15) is 9.97 Å². The van der Waals surface area contributed by atoms with Crippen LogP contribution in [-0.4, -0.2) is 26.5 Å². The standard InChI is InChI=1S/C10H10BrN5O2/c1-2-17-9-14-8(12)15-10(16-9)18-7-3-6(11)4-13-5-7/h3-5H,2H2,1H3,(H2,12,14,15,16). The molecule has 0 atom stereocenters. The topological polar surface area (TPSA) is 96.0 Å². The summed E-state index contributed by atoms with van der Waals surface area (Å²) in [5.41, 5.74) is 5.53. The van der Waals surface area contributed by atoms with Crippen LogP contribution in [0, 0.1) is 0 Å². The smallest absolute Gasteiger partial charge is 0.330 e. The van der Waals surface area contributed by atoms with Gasteiger partial charge in [-0.1, -0.05) is 0 Å². The zero-order valence-corrected chi connectivity index (χ0v) is 11.1. The predicted octanol–water partition coefficient (Wildman–Crippen LogP) is 1.80. The number of hydrogen-bond acceptors (Lipinski definition) is 7. The Morgan fingerprint density at radius 1 is 1.22 bits per heavy atom. The molecule has 8 heteroatoms. The number of anilines is 1. The average molecular weight is 312 g/mol. The van der Waals surface area contributed by atoms with Crippen LogP contribution >= 0.6 is 15.9 Å². The van der Waals surface area contributed by atoms with Crippen LogP contribution in [0.15, 0.2) is 22.9 Å². The first kappa shape index (κ1) is 12.5. The molecule has 0 radical (unpaired) electrons. The van der Waals surface area contributed by atoms with Crippen molar-refractivity contribution in [3.05, 3.63) is 22.9 Å². The third-order valence-corrected chi connectivity index (χ3v) is 2.21. The molecule has 0 bridgehead atoms. The van der Waals surface area contributed by atoms with Crippen molar-refractivity contribution in [3.8, 4) is 17.8 Å². The van der Waals surface area contributed by atoms with E-state index in [1.54, 1.807) is 12.3 Å². The van der Waals surface area contributed by atoms with Crippen LogP contribution in [0.2, 0.25) is 0 Å². The zero-order chi connectivity index (χ0) is 13.0. The number of hydrogen-bond donors (Lipinski definition) is 1. The molecule has 0 amide bonds. The van der Waals surface area contributed by atoms with Gasteiger partial charge in [0, 0.05) is 10.7 Å². The Labute approximate surface area is 112 Å². The molecule has 0 aliphatic heterocycles. The highest BCUT2D eigenvalue weighted by Crippen LogP contribution is 2.21. The van der Waals surface area contributed by atoms with E-state index in [1.807, 2.05) is 6.92 Å². The number of nitrogen functional groups attached to an aromatic ring is 1. The fourth-order valence-electron chi connectivity index (χ4n) is 1.15. The van der Waals surface area contributed by atoms with Gasteiger partial charge < -0.3 is 15.2 Å². The van der Waals surface area contributed by atoms with Crippen molar-refractivity contribution in [2.75, 3.05) is 12.3 Å². The fourth-order valence-corrected chi connectivity index (χ4v) is 1.49. The van der Waals surface area contributed by atoms with E-state index in [1.165, 1.54) is 6.20 Å². The molecule has 7 nitrogen and oxygen atoms in total. The summed E-state index contributed by atoms with van der Waals surface area (Å²) < 4.78 is 11.3. The van der Waals surface area contributed by atoms with Gasteiger partial charge in [-0.15, -0.1) is 4.98 Å². The second-order valence-electron chi connectivity index (χ2n) is 3.13. The van der Waals surface area contributed by atoms with Gasteiger partial charge in [0.1, 0.15) is 0 Å². The third kappa shape index (κ3) is 3.27. The molecule has 0 fully saturated rings. The summed E-state index contributed by atoms with van der Waals surface area (Å²) in [6, 6.07) is 1.92. The maximum Gasteiger partial charge on any atom is 0.330 e. The number of aromatic nitrogens is 4. The van der Waals surface area contributed by atoms with E-state index in [0.717, 1.165) is 4.47 Å². The summed E-state index contributed by atoms with van der Waals surface area (Å²) in [6.45, 7) is 2.25. The maximum absolute atomic E-state index is 5.53. The summed E-state index contributed by atoms with van der Waals surface area (Å²) in [6.07, 6.45) is 3.17. The molecule has 0 aromatic carbocycles. The Morgan fingerprint density at radius 2 is 2.00 bits per heavy atom.